The van der Waals surface area contributed by atoms with Gasteiger partial charge in [0.15, 0.2) is 0 Å². The van der Waals surface area contributed by atoms with Crippen molar-refractivity contribution in [2.24, 2.45) is 17.8 Å². The van der Waals surface area contributed by atoms with Crippen molar-refractivity contribution in [2.45, 2.75) is 259 Å². The van der Waals surface area contributed by atoms with E-state index in [9.17, 15) is 14.4 Å². The zero-order chi connectivity index (χ0) is 41.3. The molecular formula is C50H97NO5. The Morgan fingerprint density at radius 2 is 0.696 bits per heavy atom. The summed E-state index contributed by atoms with van der Waals surface area (Å²) in [5, 5.41) is 0. The second-order valence-electron chi connectivity index (χ2n) is 17.7. The Labute approximate surface area is 349 Å². The maximum absolute atomic E-state index is 12.4. The number of amides is 1. The standard InChI is InChI=1S/C50H97NO5/c1-7-11-15-25-38-47(33-13-9-3)43-55-49(53)40-29-23-19-17-21-27-35-46(37-31-32-42-51(6)45(5)52)36-28-22-18-20-24-30-41-50(54)56-44-48(34-14-10-4)39-26-16-12-8-2/h46-48H,7-44H2,1-6H3. The number of unbranched alkanes of at least 4 members (excludes halogenated alkanes) is 19. The van der Waals surface area contributed by atoms with Gasteiger partial charge < -0.3 is 14.4 Å². The zero-order valence-electron chi connectivity index (χ0n) is 38.6. The van der Waals surface area contributed by atoms with Crippen LogP contribution in [0.1, 0.15) is 259 Å². The van der Waals surface area contributed by atoms with E-state index in [-0.39, 0.29) is 17.8 Å². The van der Waals surface area contributed by atoms with Crippen LogP contribution < -0.4 is 0 Å². The van der Waals surface area contributed by atoms with E-state index in [0.29, 0.717) is 37.9 Å². The van der Waals surface area contributed by atoms with Gasteiger partial charge in [0.05, 0.1) is 13.2 Å². The van der Waals surface area contributed by atoms with Gasteiger partial charge >= 0.3 is 11.9 Å². The SMILES string of the molecule is CCCCCCC(CCCC)COC(=O)CCCCCCCCC(CCCCCCCCC(=O)OCC(CCCC)CCCCCC)CCCCN(C)C(C)=O. The third-order valence-electron chi connectivity index (χ3n) is 12.2. The quantitative estimate of drug-likeness (QED) is 0.0454. The van der Waals surface area contributed by atoms with Gasteiger partial charge in [-0.1, -0.05) is 195 Å². The Hall–Kier alpha value is -1.59. The summed E-state index contributed by atoms with van der Waals surface area (Å²) >= 11 is 0. The highest BCUT2D eigenvalue weighted by Crippen LogP contribution is 2.25. The lowest BCUT2D eigenvalue weighted by Crippen LogP contribution is -2.24. The summed E-state index contributed by atoms with van der Waals surface area (Å²) < 4.78 is 11.5. The number of rotatable bonds is 43. The number of carbonyl (C=O) groups excluding carboxylic acids is 3. The topological polar surface area (TPSA) is 72.9 Å². The fourth-order valence-electron chi connectivity index (χ4n) is 8.08. The number of hydrogen-bond donors (Lipinski definition) is 0. The number of nitrogens with zero attached hydrogens (tertiary/aromatic N) is 1. The van der Waals surface area contributed by atoms with E-state index in [0.717, 1.165) is 44.6 Å². The molecule has 56 heavy (non-hydrogen) atoms. The maximum atomic E-state index is 12.4. The molecule has 0 bridgehead atoms. The monoisotopic (exact) mass is 792 g/mol. The minimum absolute atomic E-state index is 0.00645. The average Bonchev–Trinajstić information content (AvgIpc) is 3.19. The number of ether oxygens (including phenoxy) is 2. The first-order chi connectivity index (χ1) is 27.3. The molecule has 2 unspecified atom stereocenters. The van der Waals surface area contributed by atoms with Crippen molar-refractivity contribution in [3.05, 3.63) is 0 Å². The predicted octanol–water partition coefficient (Wildman–Crippen LogP) is 15.1. The van der Waals surface area contributed by atoms with Crippen molar-refractivity contribution in [2.75, 3.05) is 26.8 Å². The second kappa shape index (κ2) is 41.6. The van der Waals surface area contributed by atoms with Crippen LogP contribution in [0.15, 0.2) is 0 Å². The minimum Gasteiger partial charge on any atom is -0.465 e. The van der Waals surface area contributed by atoms with Crippen LogP contribution in [0.25, 0.3) is 0 Å². The van der Waals surface area contributed by atoms with Gasteiger partial charge in [-0.2, -0.15) is 0 Å². The van der Waals surface area contributed by atoms with Crippen LogP contribution in [0.4, 0.5) is 0 Å². The molecule has 1 amide bonds. The van der Waals surface area contributed by atoms with E-state index in [1.165, 1.54) is 180 Å². The van der Waals surface area contributed by atoms with Crippen LogP contribution in [0, 0.1) is 17.8 Å². The molecule has 0 saturated carbocycles. The molecule has 332 valence electrons. The summed E-state index contributed by atoms with van der Waals surface area (Å²) in [4.78, 5) is 38.3. The third-order valence-corrected chi connectivity index (χ3v) is 12.2. The average molecular weight is 792 g/mol. The van der Waals surface area contributed by atoms with Gasteiger partial charge in [-0.15, -0.1) is 0 Å². The molecule has 6 nitrogen and oxygen atoms in total. The Kier molecular flexibility index (Phi) is 40.4. The second-order valence-corrected chi connectivity index (χ2v) is 17.7. The van der Waals surface area contributed by atoms with Crippen molar-refractivity contribution in [1.82, 2.24) is 4.90 Å². The first kappa shape index (κ1) is 54.4. The van der Waals surface area contributed by atoms with Crippen LogP contribution in [0.5, 0.6) is 0 Å². The Bertz CT molecular complexity index is 822. The van der Waals surface area contributed by atoms with Crippen LogP contribution >= 0.6 is 0 Å². The maximum Gasteiger partial charge on any atom is 0.305 e. The molecule has 0 fully saturated rings. The highest BCUT2D eigenvalue weighted by Gasteiger charge is 2.14. The van der Waals surface area contributed by atoms with E-state index in [2.05, 4.69) is 27.7 Å². The summed E-state index contributed by atoms with van der Waals surface area (Å²) in [7, 11) is 1.91. The molecule has 0 rings (SSSR count). The van der Waals surface area contributed by atoms with Crippen LogP contribution in [0.3, 0.4) is 0 Å². The molecule has 0 spiro atoms. The van der Waals surface area contributed by atoms with Crippen molar-refractivity contribution in [3.63, 3.8) is 0 Å². The molecule has 0 aromatic rings. The van der Waals surface area contributed by atoms with Gasteiger partial charge in [0, 0.05) is 33.4 Å². The summed E-state index contributed by atoms with van der Waals surface area (Å²) in [6, 6.07) is 0. The summed E-state index contributed by atoms with van der Waals surface area (Å²) in [5.74, 6) is 2.03. The van der Waals surface area contributed by atoms with Crippen molar-refractivity contribution < 1.29 is 23.9 Å². The third kappa shape index (κ3) is 36.7. The lowest BCUT2D eigenvalue weighted by Gasteiger charge is -2.19. The lowest BCUT2D eigenvalue weighted by atomic mass is 9.90. The smallest absolute Gasteiger partial charge is 0.305 e. The van der Waals surface area contributed by atoms with Gasteiger partial charge in [-0.3, -0.25) is 14.4 Å². The molecule has 0 aliphatic carbocycles. The molecule has 0 heterocycles. The lowest BCUT2D eigenvalue weighted by molar-refractivity contribution is -0.146. The molecule has 0 aliphatic rings. The summed E-state index contributed by atoms with van der Waals surface area (Å²) in [6.07, 6.45) is 41.5. The fraction of sp³-hybridized carbons (Fsp3) is 0.940. The molecular weight excluding hydrogens is 695 g/mol. The number of hydrogen-bond acceptors (Lipinski definition) is 5. The molecule has 0 N–H and O–H groups in total. The van der Waals surface area contributed by atoms with Crippen LogP contribution in [-0.2, 0) is 23.9 Å². The van der Waals surface area contributed by atoms with E-state index in [4.69, 9.17) is 9.47 Å². The summed E-state index contributed by atoms with van der Waals surface area (Å²) in [6.45, 7) is 12.8. The normalized spacial score (nSPS) is 13.0. The van der Waals surface area contributed by atoms with Crippen LogP contribution in [0.2, 0.25) is 0 Å². The van der Waals surface area contributed by atoms with Gasteiger partial charge in [0.1, 0.15) is 0 Å². The largest absolute Gasteiger partial charge is 0.465 e. The highest BCUT2D eigenvalue weighted by molar-refractivity contribution is 5.72. The predicted molar refractivity (Wildman–Crippen MR) is 240 cm³/mol. The van der Waals surface area contributed by atoms with Gasteiger partial charge in [-0.05, 0) is 62.7 Å². The van der Waals surface area contributed by atoms with Crippen molar-refractivity contribution in [1.29, 1.82) is 0 Å². The van der Waals surface area contributed by atoms with E-state index < -0.39 is 0 Å². The van der Waals surface area contributed by atoms with E-state index in [1.807, 2.05) is 11.9 Å². The first-order valence-corrected chi connectivity index (χ1v) is 24.8. The Morgan fingerprint density at radius 1 is 0.393 bits per heavy atom. The molecule has 0 radical (unpaired) electrons. The van der Waals surface area contributed by atoms with Gasteiger partial charge in [-0.25, -0.2) is 0 Å². The fourth-order valence-corrected chi connectivity index (χ4v) is 8.08. The first-order valence-electron chi connectivity index (χ1n) is 24.8. The molecule has 0 saturated heterocycles. The van der Waals surface area contributed by atoms with Gasteiger partial charge in [0.2, 0.25) is 5.91 Å². The molecule has 0 aromatic carbocycles. The number of esters is 2. The molecule has 2 atom stereocenters. The Morgan fingerprint density at radius 3 is 1.07 bits per heavy atom. The summed E-state index contributed by atoms with van der Waals surface area (Å²) in [5.41, 5.74) is 0. The van der Waals surface area contributed by atoms with Crippen molar-refractivity contribution in [3.8, 4) is 0 Å². The zero-order valence-corrected chi connectivity index (χ0v) is 38.6. The molecule has 6 heteroatoms. The van der Waals surface area contributed by atoms with E-state index in [1.54, 1.807) is 6.92 Å². The highest BCUT2D eigenvalue weighted by atomic mass is 16.5. The van der Waals surface area contributed by atoms with Crippen LogP contribution in [-0.4, -0.2) is 49.6 Å². The van der Waals surface area contributed by atoms with Gasteiger partial charge in [0.25, 0.3) is 0 Å². The minimum atomic E-state index is 0.00645. The number of carbonyl (C=O) groups is 3. The Balaban J connectivity index is 4.28. The van der Waals surface area contributed by atoms with E-state index >= 15 is 0 Å². The van der Waals surface area contributed by atoms with Crippen molar-refractivity contribution >= 4 is 17.8 Å². The molecule has 0 aromatic heterocycles. The molecule has 0 aliphatic heterocycles.